The Hall–Kier alpha value is -0.660. The number of esters is 1. The molecule has 0 radical (unpaired) electrons. The SMILES string of the molecule is COC(=O)CC(C)S(=O)(=O)CCN1CCOCC1. The minimum Gasteiger partial charge on any atom is -0.469 e. The molecule has 1 fully saturated rings. The van der Waals surface area contributed by atoms with E-state index < -0.39 is 21.1 Å². The van der Waals surface area contributed by atoms with Crippen molar-refractivity contribution in [2.75, 3.05) is 45.7 Å². The van der Waals surface area contributed by atoms with Gasteiger partial charge in [0.1, 0.15) is 0 Å². The number of hydrogen-bond acceptors (Lipinski definition) is 6. The van der Waals surface area contributed by atoms with Crippen molar-refractivity contribution in [1.29, 1.82) is 0 Å². The fourth-order valence-corrected chi connectivity index (χ4v) is 3.03. The molecule has 1 atom stereocenters. The summed E-state index contributed by atoms with van der Waals surface area (Å²) < 4.78 is 33.6. The molecule has 1 aliphatic heterocycles. The van der Waals surface area contributed by atoms with E-state index in [9.17, 15) is 13.2 Å². The van der Waals surface area contributed by atoms with Gasteiger partial charge in [-0.3, -0.25) is 9.69 Å². The van der Waals surface area contributed by atoms with E-state index in [1.165, 1.54) is 7.11 Å². The quantitative estimate of drug-likeness (QED) is 0.621. The minimum atomic E-state index is -3.25. The highest BCUT2D eigenvalue weighted by molar-refractivity contribution is 7.92. The Balaban J connectivity index is 2.40. The van der Waals surface area contributed by atoms with Crippen LogP contribution in [0.25, 0.3) is 0 Å². The van der Waals surface area contributed by atoms with Crippen molar-refractivity contribution in [3.63, 3.8) is 0 Å². The highest BCUT2D eigenvalue weighted by atomic mass is 32.2. The number of carbonyl (C=O) groups excluding carboxylic acids is 1. The predicted octanol–water partition coefficient (Wildman–Crippen LogP) is -0.315. The Morgan fingerprint density at radius 2 is 2.00 bits per heavy atom. The summed E-state index contributed by atoms with van der Waals surface area (Å²) in [4.78, 5) is 13.1. The van der Waals surface area contributed by atoms with Crippen LogP contribution in [0.1, 0.15) is 13.3 Å². The van der Waals surface area contributed by atoms with E-state index in [2.05, 4.69) is 9.64 Å². The molecule has 0 aromatic carbocycles. The van der Waals surface area contributed by atoms with Crippen LogP contribution in [-0.2, 0) is 24.1 Å². The van der Waals surface area contributed by atoms with Crippen LogP contribution in [0.15, 0.2) is 0 Å². The standard InChI is InChI=1S/C11H21NO5S/c1-10(9-11(13)16-2)18(14,15)8-5-12-3-6-17-7-4-12/h10H,3-9H2,1-2H3. The molecule has 106 valence electrons. The van der Waals surface area contributed by atoms with Crippen LogP contribution in [0.5, 0.6) is 0 Å². The third kappa shape index (κ3) is 4.91. The van der Waals surface area contributed by atoms with Gasteiger partial charge >= 0.3 is 5.97 Å². The zero-order valence-corrected chi connectivity index (χ0v) is 11.7. The second-order valence-electron chi connectivity index (χ2n) is 4.41. The lowest BCUT2D eigenvalue weighted by molar-refractivity contribution is -0.140. The number of ether oxygens (including phenoxy) is 2. The molecule has 7 heteroatoms. The van der Waals surface area contributed by atoms with Crippen molar-refractivity contribution in [2.24, 2.45) is 0 Å². The molecule has 0 aromatic rings. The number of morpholine rings is 1. The first-order valence-corrected chi connectivity index (χ1v) is 7.75. The zero-order chi connectivity index (χ0) is 13.6. The van der Waals surface area contributed by atoms with E-state index in [1.54, 1.807) is 6.92 Å². The Morgan fingerprint density at radius 3 is 2.56 bits per heavy atom. The monoisotopic (exact) mass is 279 g/mol. The Labute approximate surface area is 108 Å². The summed E-state index contributed by atoms with van der Waals surface area (Å²) in [6.45, 7) is 4.88. The summed E-state index contributed by atoms with van der Waals surface area (Å²) >= 11 is 0. The summed E-state index contributed by atoms with van der Waals surface area (Å²) in [5.74, 6) is -0.414. The Kier molecular flexibility index (Phi) is 6.04. The van der Waals surface area contributed by atoms with E-state index in [1.807, 2.05) is 0 Å². The number of hydrogen-bond donors (Lipinski definition) is 0. The molecule has 0 aliphatic carbocycles. The number of carbonyl (C=O) groups is 1. The van der Waals surface area contributed by atoms with Crippen molar-refractivity contribution in [3.05, 3.63) is 0 Å². The Morgan fingerprint density at radius 1 is 1.39 bits per heavy atom. The van der Waals surface area contributed by atoms with Crippen LogP contribution < -0.4 is 0 Å². The summed E-state index contributed by atoms with van der Waals surface area (Å²) in [6.07, 6.45) is -0.0814. The first-order chi connectivity index (χ1) is 8.45. The fourth-order valence-electron chi connectivity index (χ4n) is 1.73. The molecule has 0 N–H and O–H groups in total. The van der Waals surface area contributed by atoms with Crippen molar-refractivity contribution in [3.8, 4) is 0 Å². The molecular weight excluding hydrogens is 258 g/mol. The fraction of sp³-hybridized carbons (Fsp3) is 0.909. The van der Waals surface area contributed by atoms with Gasteiger partial charge in [-0.15, -0.1) is 0 Å². The molecule has 1 saturated heterocycles. The van der Waals surface area contributed by atoms with Gasteiger partial charge in [0.25, 0.3) is 0 Å². The number of methoxy groups -OCH3 is 1. The van der Waals surface area contributed by atoms with Gasteiger partial charge in [-0.1, -0.05) is 0 Å². The van der Waals surface area contributed by atoms with Gasteiger partial charge in [-0.05, 0) is 6.92 Å². The van der Waals surface area contributed by atoms with Gasteiger partial charge < -0.3 is 9.47 Å². The smallest absolute Gasteiger partial charge is 0.306 e. The second-order valence-corrected chi connectivity index (χ2v) is 6.95. The van der Waals surface area contributed by atoms with Crippen LogP contribution in [0.4, 0.5) is 0 Å². The molecule has 0 saturated carbocycles. The lowest BCUT2D eigenvalue weighted by Gasteiger charge is -2.26. The largest absolute Gasteiger partial charge is 0.469 e. The van der Waals surface area contributed by atoms with Gasteiger partial charge in [-0.25, -0.2) is 8.42 Å². The van der Waals surface area contributed by atoms with E-state index in [-0.39, 0.29) is 12.2 Å². The van der Waals surface area contributed by atoms with E-state index in [4.69, 9.17) is 4.74 Å². The molecule has 18 heavy (non-hydrogen) atoms. The van der Waals surface area contributed by atoms with E-state index >= 15 is 0 Å². The van der Waals surface area contributed by atoms with Gasteiger partial charge in [0.2, 0.25) is 0 Å². The minimum absolute atomic E-state index is 0.0746. The van der Waals surface area contributed by atoms with Gasteiger partial charge in [0.15, 0.2) is 9.84 Å². The summed E-state index contributed by atoms with van der Waals surface area (Å²) in [6, 6.07) is 0. The lowest BCUT2D eigenvalue weighted by atomic mass is 10.3. The molecular formula is C11H21NO5S. The maximum atomic E-state index is 12.0. The molecule has 1 rings (SSSR count). The predicted molar refractivity (Wildman–Crippen MR) is 67.1 cm³/mol. The molecule has 0 spiro atoms. The van der Waals surface area contributed by atoms with E-state index in [0.29, 0.717) is 19.8 Å². The molecule has 0 bridgehead atoms. The highest BCUT2D eigenvalue weighted by Crippen LogP contribution is 2.09. The average Bonchev–Trinajstić information content (AvgIpc) is 2.37. The molecule has 0 amide bonds. The molecule has 1 heterocycles. The molecule has 6 nitrogen and oxygen atoms in total. The number of nitrogens with zero attached hydrogens (tertiary/aromatic N) is 1. The van der Waals surface area contributed by atoms with E-state index in [0.717, 1.165) is 13.1 Å². The van der Waals surface area contributed by atoms with Gasteiger partial charge in [0.05, 0.1) is 37.7 Å². The van der Waals surface area contributed by atoms with Crippen LogP contribution in [0.3, 0.4) is 0 Å². The highest BCUT2D eigenvalue weighted by Gasteiger charge is 2.25. The van der Waals surface area contributed by atoms with Gasteiger partial charge in [-0.2, -0.15) is 0 Å². The van der Waals surface area contributed by atoms with Crippen molar-refractivity contribution >= 4 is 15.8 Å². The second kappa shape index (κ2) is 7.06. The van der Waals surface area contributed by atoms with Gasteiger partial charge in [0, 0.05) is 19.6 Å². The van der Waals surface area contributed by atoms with Crippen LogP contribution >= 0.6 is 0 Å². The van der Waals surface area contributed by atoms with Crippen molar-refractivity contribution in [2.45, 2.75) is 18.6 Å². The maximum Gasteiger partial charge on any atom is 0.306 e. The van der Waals surface area contributed by atoms with Crippen molar-refractivity contribution < 1.29 is 22.7 Å². The third-order valence-corrected chi connectivity index (χ3v) is 5.23. The Bertz CT molecular complexity index is 362. The van der Waals surface area contributed by atoms with Crippen LogP contribution in [0.2, 0.25) is 0 Å². The topological polar surface area (TPSA) is 72.9 Å². The number of sulfone groups is 1. The molecule has 1 aliphatic rings. The van der Waals surface area contributed by atoms with Crippen molar-refractivity contribution in [1.82, 2.24) is 4.90 Å². The maximum absolute atomic E-state index is 12.0. The summed E-state index contributed by atoms with van der Waals surface area (Å²) in [7, 11) is -1.99. The summed E-state index contributed by atoms with van der Waals surface area (Å²) in [5.41, 5.74) is 0. The number of rotatable bonds is 6. The lowest BCUT2D eigenvalue weighted by Crippen LogP contribution is -2.40. The average molecular weight is 279 g/mol. The first-order valence-electron chi connectivity index (χ1n) is 6.04. The summed E-state index contributed by atoms with van der Waals surface area (Å²) in [5, 5.41) is -0.689. The molecule has 0 aromatic heterocycles. The normalized spacial score (nSPS) is 19.4. The van der Waals surface area contributed by atoms with Crippen LogP contribution in [-0.4, -0.2) is 70.2 Å². The first kappa shape index (κ1) is 15.4. The molecule has 1 unspecified atom stereocenters. The third-order valence-electron chi connectivity index (χ3n) is 3.09. The zero-order valence-electron chi connectivity index (χ0n) is 10.9. The van der Waals surface area contributed by atoms with Crippen LogP contribution in [0, 0.1) is 0 Å².